The molecule has 0 aliphatic rings. The van der Waals surface area contributed by atoms with E-state index in [4.69, 9.17) is 16.3 Å². The summed E-state index contributed by atoms with van der Waals surface area (Å²) in [6.07, 6.45) is 3.20. The average Bonchev–Trinajstić information content (AvgIpc) is 3.46. The predicted octanol–water partition coefficient (Wildman–Crippen LogP) is 3.42. The zero-order valence-corrected chi connectivity index (χ0v) is 18.0. The maximum Gasteiger partial charge on any atom is 0.141 e. The van der Waals surface area contributed by atoms with Crippen LogP contribution in [0.2, 0.25) is 5.02 Å². The number of benzene rings is 2. The Morgan fingerprint density at radius 3 is 2.67 bits per heavy atom. The molecule has 4 aromatic rings. The highest BCUT2D eigenvalue weighted by Gasteiger charge is 2.40. The van der Waals surface area contributed by atoms with Crippen molar-refractivity contribution in [2.75, 3.05) is 0 Å². The van der Waals surface area contributed by atoms with Crippen LogP contribution in [0.1, 0.15) is 18.2 Å². The molecule has 12 heteroatoms. The molecule has 0 aliphatic heterocycles. The van der Waals surface area contributed by atoms with Gasteiger partial charge in [-0.25, -0.2) is 27.5 Å². The van der Waals surface area contributed by atoms with Crippen molar-refractivity contribution >= 4 is 11.6 Å². The van der Waals surface area contributed by atoms with Crippen molar-refractivity contribution in [2.24, 2.45) is 0 Å². The van der Waals surface area contributed by atoms with Crippen LogP contribution in [0, 0.1) is 17.5 Å². The zero-order valence-electron chi connectivity index (χ0n) is 17.2. The van der Waals surface area contributed by atoms with Crippen LogP contribution in [0.4, 0.5) is 13.2 Å². The van der Waals surface area contributed by atoms with Gasteiger partial charge in [0.25, 0.3) is 0 Å². The highest BCUT2D eigenvalue weighted by Crippen LogP contribution is 2.32. The maximum absolute atomic E-state index is 14.6. The van der Waals surface area contributed by atoms with Gasteiger partial charge in [0.2, 0.25) is 0 Å². The van der Waals surface area contributed by atoms with E-state index >= 15 is 0 Å². The molecule has 2 heterocycles. The van der Waals surface area contributed by atoms with E-state index in [0.29, 0.717) is 17.4 Å². The van der Waals surface area contributed by atoms with Gasteiger partial charge in [0.05, 0.1) is 36.2 Å². The van der Waals surface area contributed by atoms with Gasteiger partial charge in [-0.2, -0.15) is 5.10 Å². The van der Waals surface area contributed by atoms with Gasteiger partial charge in [0.1, 0.15) is 41.4 Å². The van der Waals surface area contributed by atoms with Gasteiger partial charge in [-0.1, -0.05) is 22.9 Å². The van der Waals surface area contributed by atoms with E-state index in [1.54, 1.807) is 13.1 Å². The van der Waals surface area contributed by atoms with Crippen molar-refractivity contribution in [2.45, 2.75) is 31.8 Å². The Morgan fingerprint density at radius 1 is 1.15 bits per heavy atom. The van der Waals surface area contributed by atoms with Crippen LogP contribution in [0.15, 0.2) is 55.2 Å². The minimum atomic E-state index is -1.91. The fourth-order valence-corrected chi connectivity index (χ4v) is 3.48. The van der Waals surface area contributed by atoms with Gasteiger partial charge in [0, 0.05) is 11.6 Å². The third-order valence-corrected chi connectivity index (χ3v) is 5.42. The van der Waals surface area contributed by atoms with Crippen LogP contribution in [-0.2, 0) is 23.5 Å². The summed E-state index contributed by atoms with van der Waals surface area (Å²) in [5, 5.41) is 23.3. The fraction of sp³-hybridized carbons (Fsp3) is 0.238. The second-order valence-electron chi connectivity index (χ2n) is 7.35. The molecule has 0 radical (unpaired) electrons. The SMILES string of the molecule is C[C@@H](OCc1cn(-c2ccc(F)c(Cl)c2)nn1)[C@](O)(Cn1cncn1)c1ccc(F)cc1F. The topological polar surface area (TPSA) is 90.9 Å². The molecule has 2 atom stereocenters. The first-order chi connectivity index (χ1) is 15.8. The molecule has 4 rings (SSSR count). The number of aromatic nitrogens is 6. The molecule has 0 saturated carbocycles. The van der Waals surface area contributed by atoms with Gasteiger partial charge in [0.15, 0.2) is 0 Å². The zero-order chi connectivity index (χ0) is 23.6. The van der Waals surface area contributed by atoms with E-state index in [-0.39, 0.29) is 23.7 Å². The largest absolute Gasteiger partial charge is 0.380 e. The predicted molar refractivity (Wildman–Crippen MR) is 111 cm³/mol. The third-order valence-electron chi connectivity index (χ3n) is 5.13. The van der Waals surface area contributed by atoms with Crippen LogP contribution in [0.3, 0.4) is 0 Å². The Kier molecular flexibility index (Phi) is 6.45. The van der Waals surface area contributed by atoms with E-state index in [2.05, 4.69) is 20.4 Å². The summed E-state index contributed by atoms with van der Waals surface area (Å²) in [4.78, 5) is 3.82. The summed E-state index contributed by atoms with van der Waals surface area (Å²) >= 11 is 5.81. The molecule has 1 N–H and O–H groups in total. The van der Waals surface area contributed by atoms with Crippen molar-refractivity contribution in [3.05, 3.63) is 89.0 Å². The molecule has 0 unspecified atom stereocenters. The summed E-state index contributed by atoms with van der Waals surface area (Å²) in [7, 11) is 0. The second kappa shape index (κ2) is 9.30. The van der Waals surface area contributed by atoms with E-state index in [9.17, 15) is 18.3 Å². The number of hydrogen-bond donors (Lipinski definition) is 1. The normalized spacial score (nSPS) is 14.2. The lowest BCUT2D eigenvalue weighted by atomic mass is 9.88. The number of rotatable bonds is 8. The first kappa shape index (κ1) is 22.9. The summed E-state index contributed by atoms with van der Waals surface area (Å²) in [6, 6.07) is 6.99. The lowest BCUT2D eigenvalue weighted by Gasteiger charge is -2.34. The van der Waals surface area contributed by atoms with Crippen molar-refractivity contribution < 1.29 is 23.0 Å². The molecule has 2 aromatic heterocycles. The standard InChI is InChI=1S/C21H18ClF3N6O2/c1-13(33-9-15-8-31(29-28-15)16-3-5-19(24)18(22)7-16)21(32,10-30-12-26-11-27-30)17-4-2-14(23)6-20(17)25/h2-8,11-13,32H,9-10H2,1H3/t13-,21-/m1/s1. The van der Waals surface area contributed by atoms with Crippen molar-refractivity contribution in [1.82, 2.24) is 29.8 Å². The van der Waals surface area contributed by atoms with Gasteiger partial charge >= 0.3 is 0 Å². The smallest absolute Gasteiger partial charge is 0.141 e. The van der Waals surface area contributed by atoms with E-state index < -0.39 is 29.2 Å². The van der Waals surface area contributed by atoms with Crippen LogP contribution >= 0.6 is 11.6 Å². The molecular formula is C21H18ClF3N6O2. The van der Waals surface area contributed by atoms with Gasteiger partial charge < -0.3 is 9.84 Å². The second-order valence-corrected chi connectivity index (χ2v) is 7.75. The average molecular weight is 479 g/mol. The maximum atomic E-state index is 14.6. The highest BCUT2D eigenvalue weighted by atomic mass is 35.5. The van der Waals surface area contributed by atoms with Crippen molar-refractivity contribution in [3.8, 4) is 5.69 Å². The lowest BCUT2D eigenvalue weighted by Crippen LogP contribution is -2.44. The molecule has 8 nitrogen and oxygen atoms in total. The Balaban J connectivity index is 1.54. The van der Waals surface area contributed by atoms with E-state index in [1.807, 2.05) is 0 Å². The first-order valence-electron chi connectivity index (χ1n) is 9.75. The van der Waals surface area contributed by atoms with E-state index in [1.165, 1.54) is 40.2 Å². The highest BCUT2D eigenvalue weighted by molar-refractivity contribution is 6.30. The number of halogens is 4. The summed E-state index contributed by atoms with van der Waals surface area (Å²) < 4.78 is 49.9. The first-order valence-corrected chi connectivity index (χ1v) is 10.1. The molecule has 2 aromatic carbocycles. The number of hydrogen-bond acceptors (Lipinski definition) is 6. The molecular weight excluding hydrogens is 461 g/mol. The molecule has 0 bridgehead atoms. The monoisotopic (exact) mass is 478 g/mol. The number of nitrogens with zero attached hydrogens (tertiary/aromatic N) is 6. The van der Waals surface area contributed by atoms with Gasteiger partial charge in [-0.3, -0.25) is 0 Å². The Morgan fingerprint density at radius 2 is 1.97 bits per heavy atom. The molecule has 0 amide bonds. The summed E-state index contributed by atoms with van der Waals surface area (Å²) in [5.41, 5.74) is -1.18. The minimum absolute atomic E-state index is 0.0612. The Hall–Kier alpha value is -3.28. The molecule has 33 heavy (non-hydrogen) atoms. The number of aliphatic hydroxyl groups is 1. The summed E-state index contributed by atoms with van der Waals surface area (Å²) in [6.45, 7) is 1.26. The van der Waals surface area contributed by atoms with Crippen LogP contribution in [0.5, 0.6) is 0 Å². The number of ether oxygens (including phenoxy) is 1. The summed E-state index contributed by atoms with van der Waals surface area (Å²) in [5.74, 6) is -2.25. The molecule has 0 aliphatic carbocycles. The third kappa shape index (κ3) is 4.90. The molecule has 0 fully saturated rings. The van der Waals surface area contributed by atoms with Crippen LogP contribution in [-0.4, -0.2) is 41.0 Å². The van der Waals surface area contributed by atoms with Crippen LogP contribution in [0.25, 0.3) is 5.69 Å². The minimum Gasteiger partial charge on any atom is -0.380 e. The molecule has 172 valence electrons. The quantitative estimate of drug-likeness (QED) is 0.417. The lowest BCUT2D eigenvalue weighted by molar-refractivity contribution is -0.124. The van der Waals surface area contributed by atoms with Crippen molar-refractivity contribution in [1.29, 1.82) is 0 Å². The Labute approximate surface area is 191 Å². The van der Waals surface area contributed by atoms with Gasteiger partial charge in [-0.05, 0) is 31.2 Å². The van der Waals surface area contributed by atoms with E-state index in [0.717, 1.165) is 12.1 Å². The molecule has 0 saturated heterocycles. The Bertz CT molecular complexity index is 1250. The van der Waals surface area contributed by atoms with Crippen LogP contribution < -0.4 is 0 Å². The van der Waals surface area contributed by atoms with Crippen molar-refractivity contribution in [3.63, 3.8) is 0 Å². The molecule has 0 spiro atoms. The van der Waals surface area contributed by atoms with Gasteiger partial charge in [-0.15, -0.1) is 5.10 Å². The fourth-order valence-electron chi connectivity index (χ4n) is 3.30.